The minimum Gasteiger partial charge on any atom is -0.337 e. The summed E-state index contributed by atoms with van der Waals surface area (Å²) in [6, 6.07) is 5.55. The molecule has 1 aliphatic rings. The number of hydrogen-bond donors (Lipinski definition) is 1. The summed E-state index contributed by atoms with van der Waals surface area (Å²) in [4.78, 5) is 29.1. The zero-order chi connectivity index (χ0) is 18.4. The first-order chi connectivity index (χ1) is 11.9. The molecule has 0 unspecified atom stereocenters. The molecule has 1 aromatic rings. The van der Waals surface area contributed by atoms with Crippen LogP contribution in [-0.4, -0.2) is 54.3 Å². The average Bonchev–Trinajstić information content (AvgIpc) is 2.80. The molecule has 0 aliphatic carbocycles. The number of amides is 2. The van der Waals surface area contributed by atoms with Crippen molar-refractivity contribution in [3.05, 3.63) is 29.3 Å². The van der Waals surface area contributed by atoms with Crippen molar-refractivity contribution in [1.29, 1.82) is 0 Å². The summed E-state index contributed by atoms with van der Waals surface area (Å²) in [6.45, 7) is 12.7. The first-order valence-corrected chi connectivity index (χ1v) is 9.32. The van der Waals surface area contributed by atoms with Crippen LogP contribution in [0.3, 0.4) is 0 Å². The van der Waals surface area contributed by atoms with E-state index in [-0.39, 0.29) is 11.8 Å². The van der Waals surface area contributed by atoms with Crippen LogP contribution in [0.4, 0.5) is 5.69 Å². The monoisotopic (exact) mass is 345 g/mol. The topological polar surface area (TPSA) is 52.6 Å². The maximum atomic E-state index is 12.8. The van der Waals surface area contributed by atoms with Gasteiger partial charge in [-0.05, 0) is 56.1 Å². The number of rotatable bonds is 5. The number of nitrogens with zero attached hydrogens (tertiary/aromatic N) is 2. The second-order valence-corrected chi connectivity index (χ2v) is 7.26. The smallest absolute Gasteiger partial charge is 0.253 e. The van der Waals surface area contributed by atoms with Crippen molar-refractivity contribution in [1.82, 2.24) is 9.80 Å². The van der Waals surface area contributed by atoms with Gasteiger partial charge in [0.2, 0.25) is 5.91 Å². The second-order valence-electron chi connectivity index (χ2n) is 7.26. The van der Waals surface area contributed by atoms with Gasteiger partial charge in [0.25, 0.3) is 5.91 Å². The van der Waals surface area contributed by atoms with Crippen molar-refractivity contribution in [2.24, 2.45) is 5.92 Å². The highest BCUT2D eigenvalue weighted by Crippen LogP contribution is 2.19. The molecule has 5 nitrogen and oxygen atoms in total. The number of carbonyl (C=O) groups is 2. The third kappa shape index (κ3) is 5.56. The molecule has 1 aliphatic heterocycles. The lowest BCUT2D eigenvalue weighted by atomic mass is 10.1. The Kier molecular flexibility index (Phi) is 7.00. The molecule has 2 rings (SSSR count). The number of benzene rings is 1. The van der Waals surface area contributed by atoms with Gasteiger partial charge in [0, 0.05) is 37.3 Å². The molecule has 0 aromatic heterocycles. The predicted molar refractivity (Wildman–Crippen MR) is 102 cm³/mol. The van der Waals surface area contributed by atoms with Crippen molar-refractivity contribution in [2.45, 2.75) is 40.5 Å². The highest BCUT2D eigenvalue weighted by Gasteiger charge is 2.20. The third-order valence-corrected chi connectivity index (χ3v) is 4.66. The minimum atomic E-state index is 0.0179. The Hall–Kier alpha value is -1.88. The molecule has 0 bridgehead atoms. The van der Waals surface area contributed by atoms with Gasteiger partial charge in [0.15, 0.2) is 0 Å². The Balaban J connectivity index is 2.03. The van der Waals surface area contributed by atoms with Crippen LogP contribution >= 0.6 is 0 Å². The van der Waals surface area contributed by atoms with Crippen LogP contribution in [-0.2, 0) is 4.79 Å². The lowest BCUT2D eigenvalue weighted by Crippen LogP contribution is -2.35. The second kappa shape index (κ2) is 8.99. The van der Waals surface area contributed by atoms with E-state index in [1.165, 1.54) is 0 Å². The summed E-state index contributed by atoms with van der Waals surface area (Å²) in [5, 5.41) is 2.94. The number of hydrogen-bond acceptors (Lipinski definition) is 3. The molecule has 1 fully saturated rings. The van der Waals surface area contributed by atoms with Crippen molar-refractivity contribution in [3.63, 3.8) is 0 Å². The van der Waals surface area contributed by atoms with Gasteiger partial charge in [-0.25, -0.2) is 0 Å². The van der Waals surface area contributed by atoms with Gasteiger partial charge in [0.05, 0.1) is 0 Å². The normalized spacial score (nSPS) is 16.0. The summed E-state index contributed by atoms with van der Waals surface area (Å²) >= 11 is 0. The van der Waals surface area contributed by atoms with Crippen molar-refractivity contribution in [3.8, 4) is 0 Å². The van der Waals surface area contributed by atoms with Crippen LogP contribution in [0.25, 0.3) is 0 Å². The molecule has 5 heteroatoms. The number of nitrogens with one attached hydrogen (secondary N) is 1. The molecule has 25 heavy (non-hydrogen) atoms. The van der Waals surface area contributed by atoms with E-state index in [0.717, 1.165) is 50.4 Å². The molecular weight excluding hydrogens is 314 g/mol. The van der Waals surface area contributed by atoms with Crippen molar-refractivity contribution < 1.29 is 9.59 Å². The third-order valence-electron chi connectivity index (χ3n) is 4.66. The number of carbonyl (C=O) groups excluding carboxylic acids is 2. The average molecular weight is 345 g/mol. The molecule has 1 saturated heterocycles. The van der Waals surface area contributed by atoms with Gasteiger partial charge in [-0.1, -0.05) is 20.8 Å². The van der Waals surface area contributed by atoms with Crippen LogP contribution in [0.5, 0.6) is 0 Å². The maximum absolute atomic E-state index is 12.8. The largest absolute Gasteiger partial charge is 0.337 e. The van der Waals surface area contributed by atoms with Crippen LogP contribution in [0, 0.1) is 12.8 Å². The SMILES string of the molecule is CCN1CCCN(C(=O)c2ccc(NC(=O)CC(C)C)c(C)c2)CC1. The number of likely N-dealkylation sites (N-methyl/N-ethyl adjacent to an activating group) is 1. The minimum absolute atomic E-state index is 0.0179. The van der Waals surface area contributed by atoms with Gasteiger partial charge in [-0.3, -0.25) is 9.59 Å². The fourth-order valence-electron chi connectivity index (χ4n) is 3.18. The fraction of sp³-hybridized carbons (Fsp3) is 0.600. The lowest BCUT2D eigenvalue weighted by Gasteiger charge is -2.22. The van der Waals surface area contributed by atoms with Crippen LogP contribution in [0.2, 0.25) is 0 Å². The van der Waals surface area contributed by atoms with E-state index in [2.05, 4.69) is 17.1 Å². The Labute approximate surface area is 151 Å². The molecule has 138 valence electrons. The summed E-state index contributed by atoms with van der Waals surface area (Å²) < 4.78 is 0. The molecule has 0 spiro atoms. The molecular formula is C20H31N3O2. The highest BCUT2D eigenvalue weighted by atomic mass is 16.2. The van der Waals surface area contributed by atoms with E-state index < -0.39 is 0 Å². The van der Waals surface area contributed by atoms with Crippen LogP contribution in [0.15, 0.2) is 18.2 Å². The molecule has 0 radical (unpaired) electrons. The Morgan fingerprint density at radius 2 is 1.92 bits per heavy atom. The van der Waals surface area contributed by atoms with Gasteiger partial charge >= 0.3 is 0 Å². The van der Waals surface area contributed by atoms with Gasteiger partial charge in [0.1, 0.15) is 0 Å². The quantitative estimate of drug-likeness (QED) is 0.892. The van der Waals surface area contributed by atoms with Gasteiger partial charge in [-0.2, -0.15) is 0 Å². The maximum Gasteiger partial charge on any atom is 0.253 e. The molecule has 1 heterocycles. The Morgan fingerprint density at radius 1 is 1.16 bits per heavy atom. The molecule has 1 aromatic carbocycles. The predicted octanol–water partition coefficient (Wildman–Crippen LogP) is 3.15. The lowest BCUT2D eigenvalue weighted by molar-refractivity contribution is -0.116. The molecule has 0 saturated carbocycles. The fourth-order valence-corrected chi connectivity index (χ4v) is 3.18. The van der Waals surface area contributed by atoms with Crippen molar-refractivity contribution in [2.75, 3.05) is 38.0 Å². The summed E-state index contributed by atoms with van der Waals surface area (Å²) in [7, 11) is 0. The summed E-state index contributed by atoms with van der Waals surface area (Å²) in [6.07, 6.45) is 1.52. The van der Waals surface area contributed by atoms with E-state index in [4.69, 9.17) is 0 Å². The zero-order valence-electron chi connectivity index (χ0n) is 16.0. The van der Waals surface area contributed by atoms with E-state index in [1.807, 2.05) is 43.9 Å². The van der Waals surface area contributed by atoms with E-state index >= 15 is 0 Å². The van der Waals surface area contributed by atoms with E-state index in [9.17, 15) is 9.59 Å². The number of anilines is 1. The summed E-state index contributed by atoms with van der Waals surface area (Å²) in [5.41, 5.74) is 2.41. The molecule has 1 N–H and O–H groups in total. The van der Waals surface area contributed by atoms with Crippen LogP contribution in [0.1, 0.15) is 49.5 Å². The Morgan fingerprint density at radius 3 is 2.56 bits per heavy atom. The Bertz CT molecular complexity index is 613. The summed E-state index contributed by atoms with van der Waals surface area (Å²) in [5.74, 6) is 0.428. The van der Waals surface area contributed by atoms with Crippen molar-refractivity contribution >= 4 is 17.5 Å². The highest BCUT2D eigenvalue weighted by molar-refractivity contribution is 5.96. The zero-order valence-corrected chi connectivity index (χ0v) is 16.0. The molecule has 0 atom stereocenters. The molecule has 2 amide bonds. The standard InChI is InChI=1S/C20H31N3O2/c1-5-22-9-6-10-23(12-11-22)20(25)17-7-8-18(16(4)14-17)21-19(24)13-15(2)3/h7-8,14-15H,5-6,9-13H2,1-4H3,(H,21,24). The first-order valence-electron chi connectivity index (χ1n) is 9.32. The van der Waals surface area contributed by atoms with E-state index in [0.29, 0.717) is 17.9 Å². The van der Waals surface area contributed by atoms with Gasteiger partial charge in [-0.15, -0.1) is 0 Å². The van der Waals surface area contributed by atoms with Gasteiger partial charge < -0.3 is 15.1 Å². The van der Waals surface area contributed by atoms with E-state index in [1.54, 1.807) is 0 Å². The first kappa shape index (κ1) is 19.4. The van der Waals surface area contributed by atoms with Crippen LogP contribution < -0.4 is 5.32 Å². The number of aryl methyl sites for hydroxylation is 1.